The minimum atomic E-state index is 0.641. The van der Waals surface area contributed by atoms with Gasteiger partial charge < -0.3 is 4.98 Å². The van der Waals surface area contributed by atoms with Crippen molar-refractivity contribution in [3.63, 3.8) is 0 Å². The normalized spacial score (nSPS) is 10.6. The van der Waals surface area contributed by atoms with Gasteiger partial charge in [0.2, 0.25) is 0 Å². The van der Waals surface area contributed by atoms with E-state index in [1.165, 1.54) is 11.5 Å². The highest BCUT2D eigenvalue weighted by Gasteiger charge is 2.00. The molecule has 0 spiro atoms. The van der Waals surface area contributed by atoms with Gasteiger partial charge in [-0.1, -0.05) is 23.8 Å². The van der Waals surface area contributed by atoms with E-state index in [4.69, 9.17) is 23.8 Å². The number of fused-ring (bicyclic) bond motifs is 1. The number of halogens is 1. The number of nitrogens with one attached hydrogen (secondary N) is 1. The molecular weight excluding hydrogens is 200 g/mol. The van der Waals surface area contributed by atoms with E-state index in [0.717, 1.165) is 10.2 Å². The van der Waals surface area contributed by atoms with Gasteiger partial charge in [-0.2, -0.15) is 4.37 Å². The molecule has 0 radical (unpaired) electrons. The Morgan fingerprint density at radius 1 is 1.64 bits per heavy atom. The average molecular weight is 203 g/mol. The number of aromatic nitrogens is 2. The summed E-state index contributed by atoms with van der Waals surface area (Å²) in [4.78, 5) is 2.99. The Labute approximate surface area is 77.0 Å². The first kappa shape index (κ1) is 7.21. The molecule has 0 aromatic carbocycles. The molecule has 0 aliphatic heterocycles. The quantitative estimate of drug-likeness (QED) is 0.666. The standard InChI is InChI=1S/C6H3ClN2S2/c7-3-1-5(10)9-4-2-8-11-6(3)4/h1-2H,(H,9,10). The third-order valence-electron chi connectivity index (χ3n) is 1.30. The van der Waals surface area contributed by atoms with Gasteiger partial charge in [-0.3, -0.25) is 0 Å². The molecule has 1 N–H and O–H groups in total. The first-order valence-corrected chi connectivity index (χ1v) is 4.46. The Bertz CT molecular complexity index is 445. The molecule has 2 rings (SSSR count). The number of rotatable bonds is 0. The lowest BCUT2D eigenvalue weighted by atomic mass is 10.4. The summed E-state index contributed by atoms with van der Waals surface area (Å²) in [5.74, 6) is 0. The lowest BCUT2D eigenvalue weighted by molar-refractivity contribution is 1.38. The predicted octanol–water partition coefficient (Wildman–Crippen LogP) is 3.01. The maximum Gasteiger partial charge on any atom is 0.105 e. The van der Waals surface area contributed by atoms with E-state index in [1.54, 1.807) is 12.3 Å². The van der Waals surface area contributed by atoms with Crippen molar-refractivity contribution in [1.82, 2.24) is 9.36 Å². The van der Waals surface area contributed by atoms with Crippen molar-refractivity contribution in [1.29, 1.82) is 0 Å². The van der Waals surface area contributed by atoms with Crippen LogP contribution in [0.25, 0.3) is 10.2 Å². The molecule has 56 valence electrons. The molecule has 0 aliphatic carbocycles. The van der Waals surface area contributed by atoms with Crippen LogP contribution in [0.4, 0.5) is 0 Å². The Balaban J connectivity index is 3.02. The molecule has 0 fully saturated rings. The summed E-state index contributed by atoms with van der Waals surface area (Å²) in [6, 6.07) is 1.72. The van der Waals surface area contributed by atoms with E-state index in [2.05, 4.69) is 9.36 Å². The number of pyridine rings is 1. The molecule has 0 saturated heterocycles. The van der Waals surface area contributed by atoms with E-state index < -0.39 is 0 Å². The zero-order valence-corrected chi connectivity index (χ0v) is 7.69. The van der Waals surface area contributed by atoms with Crippen LogP contribution in [0.15, 0.2) is 12.3 Å². The maximum absolute atomic E-state index is 5.89. The molecule has 2 aromatic rings. The van der Waals surface area contributed by atoms with Gasteiger partial charge in [-0.25, -0.2) is 0 Å². The lowest BCUT2D eigenvalue weighted by Crippen LogP contribution is -1.73. The van der Waals surface area contributed by atoms with E-state index in [-0.39, 0.29) is 0 Å². The second-order valence-electron chi connectivity index (χ2n) is 2.05. The molecule has 11 heavy (non-hydrogen) atoms. The van der Waals surface area contributed by atoms with Crippen molar-refractivity contribution < 1.29 is 0 Å². The van der Waals surface area contributed by atoms with Gasteiger partial charge in [0.25, 0.3) is 0 Å². The molecule has 2 nitrogen and oxygen atoms in total. The highest BCUT2D eigenvalue weighted by Crippen LogP contribution is 2.24. The molecule has 0 aliphatic rings. The second-order valence-corrected chi connectivity index (χ2v) is 3.70. The summed E-state index contributed by atoms with van der Waals surface area (Å²) < 4.78 is 5.58. The fourth-order valence-electron chi connectivity index (χ4n) is 0.850. The van der Waals surface area contributed by atoms with Crippen molar-refractivity contribution in [2.75, 3.05) is 0 Å². The van der Waals surface area contributed by atoms with Crippen molar-refractivity contribution in [2.24, 2.45) is 0 Å². The SMILES string of the molecule is S=c1cc(Cl)c2sncc2[nH]1. The Morgan fingerprint density at radius 2 is 2.45 bits per heavy atom. The van der Waals surface area contributed by atoms with Crippen molar-refractivity contribution in [2.45, 2.75) is 0 Å². The monoisotopic (exact) mass is 202 g/mol. The topological polar surface area (TPSA) is 28.7 Å². The third kappa shape index (κ3) is 1.17. The van der Waals surface area contributed by atoms with Gasteiger partial charge in [0.1, 0.15) is 4.64 Å². The number of nitrogens with zero attached hydrogens (tertiary/aromatic N) is 1. The molecular formula is C6H3ClN2S2. The van der Waals surface area contributed by atoms with E-state index >= 15 is 0 Å². The molecule has 0 atom stereocenters. The summed E-state index contributed by atoms with van der Waals surface area (Å²) in [7, 11) is 0. The highest BCUT2D eigenvalue weighted by molar-refractivity contribution is 7.71. The average Bonchev–Trinajstić information content (AvgIpc) is 2.34. The molecule has 0 amide bonds. The van der Waals surface area contributed by atoms with Crippen LogP contribution in [0.2, 0.25) is 5.02 Å². The molecule has 2 heterocycles. The van der Waals surface area contributed by atoms with E-state index in [0.29, 0.717) is 9.66 Å². The summed E-state index contributed by atoms with van der Waals surface area (Å²) in [5.41, 5.74) is 0.910. The zero-order chi connectivity index (χ0) is 7.84. The number of hydrogen-bond donors (Lipinski definition) is 1. The van der Waals surface area contributed by atoms with E-state index in [1.807, 2.05) is 0 Å². The minimum absolute atomic E-state index is 0.641. The third-order valence-corrected chi connectivity index (χ3v) is 2.77. The summed E-state index contributed by atoms with van der Waals surface area (Å²) in [6.07, 6.45) is 1.72. The molecule has 0 unspecified atom stereocenters. The van der Waals surface area contributed by atoms with Crippen LogP contribution in [0, 0.1) is 4.64 Å². The van der Waals surface area contributed by atoms with Crippen LogP contribution in [0.3, 0.4) is 0 Å². The van der Waals surface area contributed by atoms with Crippen molar-refractivity contribution in [3.05, 3.63) is 21.9 Å². The van der Waals surface area contributed by atoms with Gasteiger partial charge in [0.15, 0.2) is 0 Å². The van der Waals surface area contributed by atoms with Crippen molar-refractivity contribution >= 4 is 45.6 Å². The Morgan fingerprint density at radius 3 is 3.27 bits per heavy atom. The van der Waals surface area contributed by atoms with Crippen LogP contribution < -0.4 is 0 Å². The largest absolute Gasteiger partial charge is 0.344 e. The van der Waals surface area contributed by atoms with E-state index in [9.17, 15) is 0 Å². The van der Waals surface area contributed by atoms with Gasteiger partial charge >= 0.3 is 0 Å². The molecule has 5 heteroatoms. The predicted molar refractivity (Wildman–Crippen MR) is 49.8 cm³/mol. The van der Waals surface area contributed by atoms with Gasteiger partial charge in [0.05, 0.1) is 21.4 Å². The van der Waals surface area contributed by atoms with Gasteiger partial charge in [-0.15, -0.1) is 0 Å². The summed E-state index contributed by atoms with van der Waals surface area (Å²) in [5, 5.41) is 0.672. The highest BCUT2D eigenvalue weighted by atomic mass is 35.5. The zero-order valence-electron chi connectivity index (χ0n) is 5.30. The summed E-state index contributed by atoms with van der Waals surface area (Å²) in [6.45, 7) is 0. The number of aromatic amines is 1. The van der Waals surface area contributed by atoms with Crippen LogP contribution in [0.5, 0.6) is 0 Å². The van der Waals surface area contributed by atoms with Crippen molar-refractivity contribution in [3.8, 4) is 0 Å². The smallest absolute Gasteiger partial charge is 0.105 e. The van der Waals surface area contributed by atoms with Gasteiger partial charge in [0, 0.05) is 0 Å². The first-order chi connectivity index (χ1) is 5.27. The number of hydrogen-bond acceptors (Lipinski definition) is 3. The Kier molecular flexibility index (Phi) is 1.67. The molecule has 2 aromatic heterocycles. The molecule has 0 bridgehead atoms. The fourth-order valence-corrected chi connectivity index (χ4v) is 2.07. The Hall–Kier alpha value is -0.450. The fraction of sp³-hybridized carbons (Fsp3) is 0. The van der Waals surface area contributed by atoms with Crippen LogP contribution in [-0.4, -0.2) is 9.36 Å². The maximum atomic E-state index is 5.89. The van der Waals surface area contributed by atoms with Gasteiger partial charge in [-0.05, 0) is 17.6 Å². The second kappa shape index (κ2) is 2.55. The van der Waals surface area contributed by atoms with Crippen LogP contribution >= 0.6 is 35.4 Å². The van der Waals surface area contributed by atoms with Crippen LogP contribution in [-0.2, 0) is 0 Å². The molecule has 0 saturated carbocycles. The first-order valence-electron chi connectivity index (χ1n) is 2.90. The summed E-state index contributed by atoms with van der Waals surface area (Å²) >= 11 is 12.2. The van der Waals surface area contributed by atoms with Crippen LogP contribution in [0.1, 0.15) is 0 Å². The lowest BCUT2D eigenvalue weighted by Gasteiger charge is -1.90. The minimum Gasteiger partial charge on any atom is -0.344 e. The number of H-pyrrole nitrogens is 1.